The van der Waals surface area contributed by atoms with Gasteiger partial charge in [-0.2, -0.15) is 15.3 Å². The molecule has 18 heavy (non-hydrogen) atoms. The molecular weight excluding hydrogens is 230 g/mol. The fraction of sp³-hybridized carbons (Fsp3) is 0.273. The second-order valence-electron chi connectivity index (χ2n) is 4.15. The van der Waals surface area contributed by atoms with Crippen LogP contribution in [0.4, 0.5) is 5.95 Å². The molecule has 0 atom stereocenters. The lowest BCUT2D eigenvalue weighted by Crippen LogP contribution is -2.09. The van der Waals surface area contributed by atoms with E-state index in [2.05, 4.69) is 20.3 Å². The topological polar surface area (TPSA) is 87.4 Å². The molecule has 0 unspecified atom stereocenters. The van der Waals surface area contributed by atoms with Crippen molar-refractivity contribution in [2.75, 3.05) is 5.73 Å². The minimum Gasteiger partial charge on any atom is -0.369 e. The lowest BCUT2D eigenvalue weighted by Gasteiger charge is -2.05. The highest BCUT2D eigenvalue weighted by Crippen LogP contribution is 2.20. The van der Waals surface area contributed by atoms with Crippen molar-refractivity contribution < 1.29 is 0 Å². The molecule has 7 nitrogen and oxygen atoms in total. The number of hydrogen-bond donors (Lipinski definition) is 1. The number of hydrogen-bond acceptors (Lipinski definition) is 5. The first-order chi connectivity index (χ1) is 8.66. The van der Waals surface area contributed by atoms with Crippen LogP contribution in [0.1, 0.15) is 11.4 Å². The van der Waals surface area contributed by atoms with Gasteiger partial charge in [0.2, 0.25) is 5.95 Å². The molecule has 92 valence electrons. The molecule has 3 heterocycles. The molecule has 0 aliphatic heterocycles. The second-order valence-corrected chi connectivity index (χ2v) is 4.15. The number of anilines is 1. The van der Waals surface area contributed by atoms with Crippen molar-refractivity contribution >= 4 is 17.1 Å². The molecule has 0 saturated heterocycles. The van der Waals surface area contributed by atoms with Gasteiger partial charge in [0, 0.05) is 13.2 Å². The zero-order chi connectivity index (χ0) is 12.7. The Kier molecular flexibility index (Phi) is 2.26. The SMILES string of the molecule is Cc1nn(C)c2c1nc(N)n2Cc1cccnn1. The molecule has 0 spiro atoms. The highest BCUT2D eigenvalue weighted by Gasteiger charge is 2.15. The fourth-order valence-electron chi connectivity index (χ4n) is 2.09. The number of rotatable bonds is 2. The lowest BCUT2D eigenvalue weighted by molar-refractivity contribution is 0.712. The van der Waals surface area contributed by atoms with Crippen LogP contribution < -0.4 is 5.73 Å². The summed E-state index contributed by atoms with van der Waals surface area (Å²) in [4.78, 5) is 4.34. The van der Waals surface area contributed by atoms with Gasteiger partial charge in [-0.15, -0.1) is 0 Å². The van der Waals surface area contributed by atoms with Crippen molar-refractivity contribution in [1.82, 2.24) is 29.5 Å². The van der Waals surface area contributed by atoms with Gasteiger partial charge in [-0.3, -0.25) is 9.25 Å². The number of aryl methyl sites for hydroxylation is 2. The smallest absolute Gasteiger partial charge is 0.202 e. The van der Waals surface area contributed by atoms with E-state index >= 15 is 0 Å². The van der Waals surface area contributed by atoms with Gasteiger partial charge in [-0.25, -0.2) is 4.98 Å². The van der Waals surface area contributed by atoms with Crippen LogP contribution in [-0.2, 0) is 13.6 Å². The summed E-state index contributed by atoms with van der Waals surface area (Å²) in [5, 5.41) is 12.2. The van der Waals surface area contributed by atoms with Crippen LogP contribution in [0.15, 0.2) is 18.3 Å². The molecule has 7 heteroatoms. The van der Waals surface area contributed by atoms with Crippen molar-refractivity contribution in [1.29, 1.82) is 0 Å². The van der Waals surface area contributed by atoms with Crippen LogP contribution >= 0.6 is 0 Å². The minimum atomic E-state index is 0.465. The van der Waals surface area contributed by atoms with Gasteiger partial charge in [-0.1, -0.05) is 0 Å². The fourth-order valence-corrected chi connectivity index (χ4v) is 2.09. The summed E-state index contributed by atoms with van der Waals surface area (Å²) in [5.74, 6) is 0.465. The summed E-state index contributed by atoms with van der Waals surface area (Å²) in [6, 6.07) is 3.75. The third-order valence-corrected chi connectivity index (χ3v) is 2.87. The summed E-state index contributed by atoms with van der Waals surface area (Å²) >= 11 is 0. The molecule has 3 rings (SSSR count). The Morgan fingerprint density at radius 3 is 2.94 bits per heavy atom. The summed E-state index contributed by atoms with van der Waals surface area (Å²) in [6.45, 7) is 2.45. The Balaban J connectivity index is 2.14. The summed E-state index contributed by atoms with van der Waals surface area (Å²) in [5.41, 5.74) is 9.38. The molecular formula is C11H13N7. The second kappa shape index (κ2) is 3.80. The van der Waals surface area contributed by atoms with Crippen molar-refractivity contribution in [3.05, 3.63) is 29.7 Å². The van der Waals surface area contributed by atoms with Gasteiger partial charge >= 0.3 is 0 Å². The number of nitrogens with zero attached hydrogens (tertiary/aromatic N) is 6. The van der Waals surface area contributed by atoms with Gasteiger partial charge in [0.25, 0.3) is 0 Å². The first kappa shape index (κ1) is 10.7. The van der Waals surface area contributed by atoms with Gasteiger partial charge < -0.3 is 5.73 Å². The Morgan fingerprint density at radius 1 is 1.39 bits per heavy atom. The van der Waals surface area contributed by atoms with E-state index in [9.17, 15) is 0 Å². The zero-order valence-corrected chi connectivity index (χ0v) is 10.2. The highest BCUT2D eigenvalue weighted by molar-refractivity contribution is 5.77. The predicted molar refractivity (Wildman–Crippen MR) is 66.8 cm³/mol. The number of fused-ring (bicyclic) bond motifs is 1. The number of nitrogen functional groups attached to an aromatic ring is 1. The molecule has 3 aromatic heterocycles. The van der Waals surface area contributed by atoms with Crippen molar-refractivity contribution in [3.8, 4) is 0 Å². The highest BCUT2D eigenvalue weighted by atomic mass is 15.3. The van der Waals surface area contributed by atoms with E-state index in [0.717, 1.165) is 22.6 Å². The van der Waals surface area contributed by atoms with E-state index in [1.807, 2.05) is 30.7 Å². The van der Waals surface area contributed by atoms with Crippen LogP contribution in [0.3, 0.4) is 0 Å². The number of imidazole rings is 1. The zero-order valence-electron chi connectivity index (χ0n) is 10.2. The first-order valence-electron chi connectivity index (χ1n) is 5.58. The minimum absolute atomic E-state index is 0.465. The van der Waals surface area contributed by atoms with Crippen LogP contribution in [0, 0.1) is 6.92 Å². The average molecular weight is 243 g/mol. The Labute approximate surface area is 103 Å². The van der Waals surface area contributed by atoms with E-state index in [0.29, 0.717) is 12.5 Å². The van der Waals surface area contributed by atoms with E-state index in [1.165, 1.54) is 0 Å². The van der Waals surface area contributed by atoms with Gasteiger partial charge in [0.15, 0.2) is 5.65 Å². The normalized spacial score (nSPS) is 11.2. The monoisotopic (exact) mass is 243 g/mol. The van der Waals surface area contributed by atoms with Crippen LogP contribution in [0.2, 0.25) is 0 Å². The van der Waals surface area contributed by atoms with E-state index in [1.54, 1.807) is 10.9 Å². The lowest BCUT2D eigenvalue weighted by atomic mass is 10.4. The Hall–Kier alpha value is -2.44. The van der Waals surface area contributed by atoms with Gasteiger partial charge in [0.05, 0.1) is 17.9 Å². The molecule has 0 amide bonds. The van der Waals surface area contributed by atoms with E-state index < -0.39 is 0 Å². The maximum absolute atomic E-state index is 5.95. The van der Waals surface area contributed by atoms with E-state index in [-0.39, 0.29) is 0 Å². The summed E-state index contributed by atoms with van der Waals surface area (Å²) in [6.07, 6.45) is 1.64. The van der Waals surface area contributed by atoms with E-state index in [4.69, 9.17) is 5.73 Å². The molecule has 3 aromatic rings. The largest absolute Gasteiger partial charge is 0.369 e. The van der Waals surface area contributed by atoms with Crippen molar-refractivity contribution in [2.24, 2.45) is 7.05 Å². The molecule has 0 radical (unpaired) electrons. The van der Waals surface area contributed by atoms with Gasteiger partial charge in [0.1, 0.15) is 5.52 Å². The molecule has 0 aliphatic rings. The number of aromatic nitrogens is 6. The summed E-state index contributed by atoms with van der Waals surface area (Å²) < 4.78 is 3.67. The quantitative estimate of drug-likeness (QED) is 0.708. The average Bonchev–Trinajstić information content (AvgIpc) is 2.81. The first-order valence-corrected chi connectivity index (χ1v) is 5.58. The molecule has 0 aliphatic carbocycles. The van der Waals surface area contributed by atoms with Crippen molar-refractivity contribution in [2.45, 2.75) is 13.5 Å². The van der Waals surface area contributed by atoms with Crippen LogP contribution in [0.5, 0.6) is 0 Å². The van der Waals surface area contributed by atoms with Crippen molar-refractivity contribution in [3.63, 3.8) is 0 Å². The third-order valence-electron chi connectivity index (χ3n) is 2.87. The molecule has 2 N–H and O–H groups in total. The van der Waals surface area contributed by atoms with Crippen LogP contribution in [0.25, 0.3) is 11.2 Å². The van der Waals surface area contributed by atoms with Crippen LogP contribution in [-0.4, -0.2) is 29.5 Å². The molecule has 0 fully saturated rings. The molecule has 0 bridgehead atoms. The standard InChI is InChI=1S/C11H13N7/c1-7-9-10(17(2)16-7)18(11(12)14-9)6-8-4-3-5-13-15-8/h3-5H,6H2,1-2H3,(H2,12,14). The number of nitrogens with two attached hydrogens (primary N) is 1. The molecule has 0 saturated carbocycles. The Bertz CT molecular complexity index is 695. The van der Waals surface area contributed by atoms with Gasteiger partial charge in [-0.05, 0) is 19.1 Å². The maximum atomic E-state index is 5.95. The molecule has 0 aromatic carbocycles. The third kappa shape index (κ3) is 1.52. The maximum Gasteiger partial charge on any atom is 0.202 e. The summed E-state index contributed by atoms with van der Waals surface area (Å²) in [7, 11) is 1.88. The Morgan fingerprint density at radius 2 is 2.22 bits per heavy atom. The predicted octanol–water partition coefficient (Wildman–Crippen LogP) is 0.499.